The molecule has 13 rings (SSSR count). The molecule has 0 aromatic heterocycles. The molecule has 5 aliphatic carbocycles. The number of fused-ring (bicyclic) bond motifs is 2. The van der Waals surface area contributed by atoms with Crippen LogP contribution in [0.15, 0.2) is 279 Å². The molecule has 0 spiro atoms. The minimum Gasteiger partial charge on any atom is -0.0808 e. The highest BCUT2D eigenvalue weighted by Crippen LogP contribution is 2.18. The molecule has 0 N–H and O–H groups in total. The lowest BCUT2D eigenvalue weighted by molar-refractivity contribution is 0.886. The predicted molar refractivity (Wildman–Crippen MR) is 545 cm³/mol. The van der Waals surface area contributed by atoms with Gasteiger partial charge >= 0.3 is 0 Å². The Morgan fingerprint density at radius 2 is 0.411 bits per heavy atom. The van der Waals surface area contributed by atoms with Crippen LogP contribution in [0.4, 0.5) is 0 Å². The first kappa shape index (κ1) is 143. The van der Waals surface area contributed by atoms with Crippen LogP contribution in [0.25, 0.3) is 16.8 Å². The van der Waals surface area contributed by atoms with Crippen molar-refractivity contribution in [2.24, 2.45) is 0 Å². The molecule has 0 heterocycles. The second-order valence-corrected chi connectivity index (χ2v) is 18.9. The molecule has 0 bridgehead atoms. The largest absolute Gasteiger partial charge is 0.0808 e. The summed E-state index contributed by atoms with van der Waals surface area (Å²) in [5.41, 5.74) is 9.72. The van der Waals surface area contributed by atoms with E-state index in [-0.39, 0.29) is 7.43 Å². The van der Waals surface area contributed by atoms with Crippen molar-refractivity contribution in [3.63, 3.8) is 0 Å². The maximum atomic E-state index is 2.20. The minimum absolute atomic E-state index is 0. The van der Waals surface area contributed by atoms with Crippen molar-refractivity contribution in [3.05, 3.63) is 318 Å². The van der Waals surface area contributed by atoms with Crippen molar-refractivity contribution in [3.8, 4) is 0 Å². The summed E-state index contributed by atoms with van der Waals surface area (Å²) in [5, 5.41) is 2.62. The van der Waals surface area contributed by atoms with E-state index in [0.29, 0.717) is 0 Å². The molecule has 2 fully saturated rings. The maximum absolute atomic E-state index is 2.20. The number of aryl methyl sites for hydroxylation is 3. The lowest BCUT2D eigenvalue weighted by Gasteiger charge is -2.00. The van der Waals surface area contributed by atoms with Crippen molar-refractivity contribution in [2.75, 3.05) is 0 Å². The molecule has 8 aromatic rings. The van der Waals surface area contributed by atoms with Gasteiger partial charge in [-0.2, -0.15) is 0 Å². The van der Waals surface area contributed by atoms with Crippen LogP contribution >= 0.6 is 0 Å². The van der Waals surface area contributed by atoms with Crippen LogP contribution in [-0.2, 0) is 25.7 Å². The molecular formula is C112H200. The lowest BCUT2D eigenvalue weighted by Crippen LogP contribution is -1.85. The Labute approximate surface area is 710 Å². The molecule has 0 unspecified atom stereocenters. The number of allylic oxidation sites excluding steroid dienone is 9. The van der Waals surface area contributed by atoms with E-state index in [1.807, 2.05) is 280 Å². The van der Waals surface area contributed by atoms with Gasteiger partial charge in [0.05, 0.1) is 0 Å². The summed E-state index contributed by atoms with van der Waals surface area (Å²) >= 11 is 0. The second-order valence-electron chi connectivity index (χ2n) is 18.9. The molecule has 5 aliphatic rings. The van der Waals surface area contributed by atoms with E-state index >= 15 is 0 Å². The van der Waals surface area contributed by atoms with Crippen molar-refractivity contribution in [1.82, 2.24) is 0 Å². The molecule has 8 aromatic carbocycles. The first-order chi connectivity index (χ1) is 55.1. The topological polar surface area (TPSA) is 0 Å². The normalized spacial score (nSPS) is 9.67. The lowest BCUT2D eigenvalue weighted by atomic mass is 10.1. The Morgan fingerprint density at radius 3 is 0.589 bits per heavy atom. The van der Waals surface area contributed by atoms with Gasteiger partial charge in [0, 0.05) is 0 Å². The van der Waals surface area contributed by atoms with Crippen molar-refractivity contribution in [2.45, 2.75) is 380 Å². The van der Waals surface area contributed by atoms with E-state index < -0.39 is 0 Å². The van der Waals surface area contributed by atoms with E-state index in [9.17, 15) is 0 Å². The van der Waals surface area contributed by atoms with Crippen LogP contribution in [0.1, 0.15) is 387 Å². The van der Waals surface area contributed by atoms with Crippen LogP contribution in [0.3, 0.4) is 0 Å². The van der Waals surface area contributed by atoms with E-state index in [1.165, 1.54) is 114 Å². The van der Waals surface area contributed by atoms with Gasteiger partial charge in [-0.3, -0.25) is 0 Å². The second kappa shape index (κ2) is 160. The SMILES string of the molecule is C.C1=CCC=C1.C1=CCC=C1.C1=Cc2ccccc2C1.C1CCCC1.C1CCCC1.CC.CC.CC.CC.CC.CC.CC.CC.CC.CC.CC.CC.CC.CC.CC.CC.CC.CC.CCc1ccccc1.CCc1ccccc1.Cc1ccccc1.c1ccc(Cc2ccccc2)cc1.c1ccc2ccccc2c1. The average Bonchev–Trinajstić information content (AvgIpc) is 1.71. The Kier molecular flexibility index (Phi) is 204. The minimum atomic E-state index is 0. The zero-order valence-corrected chi connectivity index (χ0v) is 81.9. The van der Waals surface area contributed by atoms with Gasteiger partial charge in [0.25, 0.3) is 0 Å². The zero-order valence-electron chi connectivity index (χ0n) is 81.9. The molecule has 0 heteroatoms. The van der Waals surface area contributed by atoms with Gasteiger partial charge in [-0.15, -0.1) is 0 Å². The number of hydrogen-bond donors (Lipinski definition) is 0. The van der Waals surface area contributed by atoms with Gasteiger partial charge in [-0.1, -0.05) is 626 Å². The first-order valence-corrected chi connectivity index (χ1v) is 46.1. The molecule has 112 heavy (non-hydrogen) atoms. The first-order valence-electron chi connectivity index (χ1n) is 46.1. The van der Waals surface area contributed by atoms with Crippen LogP contribution in [0, 0.1) is 6.92 Å². The monoisotopic (exact) mass is 1550 g/mol. The zero-order chi connectivity index (χ0) is 88.7. The fourth-order valence-electron chi connectivity index (χ4n) is 8.27. The maximum Gasteiger partial charge on any atom is -0.00258 e. The van der Waals surface area contributed by atoms with E-state index in [4.69, 9.17) is 0 Å². The number of benzene rings is 8. The van der Waals surface area contributed by atoms with Crippen molar-refractivity contribution >= 4 is 16.8 Å². The summed E-state index contributed by atoms with van der Waals surface area (Å²) in [6, 6.07) is 77.4. The highest BCUT2D eigenvalue weighted by Gasteiger charge is 2.00. The van der Waals surface area contributed by atoms with E-state index in [1.54, 1.807) is 0 Å². The molecule has 0 saturated heterocycles. The summed E-state index contributed by atoms with van der Waals surface area (Å²) < 4.78 is 0. The third-order valence-electron chi connectivity index (χ3n) is 12.7. The summed E-state index contributed by atoms with van der Waals surface area (Å²) in [5.74, 6) is 0. The molecule has 0 atom stereocenters. The standard InChI is InChI=1S/C13H12.C10H8.C9H8.2C8H10.C7H8.2C5H10.2C5H6.18C2H6.CH4/c1-3-7-12(8-4-1)11-13-9-5-2-6-10-13;1-2-6-10-8-4-3-7-9(10)5-1;1-2-5-9-7-3-6-8(9)4-1;2*1-2-8-6-4-3-5-7-8;1-7-5-3-2-4-6-7;4*1-2-4-5-3-1;18*1-2;/h1-10H,11H2;1-8H;1-6H,7H2;2*3-7H,2H2,1H3;2-6H,1H3;2*1-5H2;2*1-4H,5H2;18*1-2H3;1H4. The fraction of sp³-hybridized carbons (Fsp3) is 0.500. The fourth-order valence-corrected chi connectivity index (χ4v) is 8.27. The summed E-state index contributed by atoms with van der Waals surface area (Å²) in [6.07, 6.45) is 42.8. The summed E-state index contributed by atoms with van der Waals surface area (Å²) in [7, 11) is 0. The van der Waals surface area contributed by atoms with Crippen LogP contribution in [0.5, 0.6) is 0 Å². The third kappa shape index (κ3) is 116. The van der Waals surface area contributed by atoms with Crippen LogP contribution in [0.2, 0.25) is 0 Å². The van der Waals surface area contributed by atoms with Gasteiger partial charge in [0.2, 0.25) is 0 Å². The van der Waals surface area contributed by atoms with Gasteiger partial charge < -0.3 is 0 Å². The molecular weight excluding hydrogens is 1350 g/mol. The highest BCUT2D eigenvalue weighted by atomic mass is 14.1. The van der Waals surface area contributed by atoms with Crippen LogP contribution in [-0.4, -0.2) is 0 Å². The predicted octanol–water partition coefficient (Wildman–Crippen LogP) is 40.9. The Morgan fingerprint density at radius 1 is 0.214 bits per heavy atom. The molecule has 0 amide bonds. The molecule has 648 valence electrons. The van der Waals surface area contributed by atoms with Crippen molar-refractivity contribution in [1.29, 1.82) is 0 Å². The smallest absolute Gasteiger partial charge is 0.00258 e. The van der Waals surface area contributed by atoms with Gasteiger partial charge in [0.15, 0.2) is 0 Å². The third-order valence-corrected chi connectivity index (χ3v) is 12.7. The van der Waals surface area contributed by atoms with Gasteiger partial charge in [-0.05, 0) is 89.6 Å². The molecule has 2 saturated carbocycles. The van der Waals surface area contributed by atoms with Gasteiger partial charge in [0.1, 0.15) is 0 Å². The number of hydrogen-bond acceptors (Lipinski definition) is 0. The molecule has 0 aliphatic heterocycles. The Balaban J connectivity index is -0.0000000629. The quantitative estimate of drug-likeness (QED) is 0.165. The Bertz CT molecular complexity index is 2490. The van der Waals surface area contributed by atoms with E-state index in [0.717, 1.165) is 38.5 Å². The number of rotatable bonds is 4. The summed E-state index contributed by atoms with van der Waals surface area (Å²) in [4.78, 5) is 0. The summed E-state index contributed by atoms with van der Waals surface area (Å²) in [6.45, 7) is 78.4. The van der Waals surface area contributed by atoms with Crippen molar-refractivity contribution < 1.29 is 0 Å². The average molecular weight is 1550 g/mol. The molecule has 0 radical (unpaired) electrons. The van der Waals surface area contributed by atoms with Crippen LogP contribution < -0.4 is 0 Å². The highest BCUT2D eigenvalue weighted by molar-refractivity contribution is 5.82. The van der Waals surface area contributed by atoms with E-state index in [2.05, 4.69) is 276 Å². The van der Waals surface area contributed by atoms with Gasteiger partial charge in [-0.25, -0.2) is 0 Å². The molecule has 0 nitrogen and oxygen atoms in total. The Hall–Kier alpha value is -7.28.